The molecule has 1 aromatic carbocycles. The van der Waals surface area contributed by atoms with Crippen LogP contribution in [0.25, 0.3) is 0 Å². The Bertz CT molecular complexity index is 461. The second-order valence-electron chi connectivity index (χ2n) is 3.05. The molecule has 1 rings (SSSR count). The van der Waals surface area contributed by atoms with Crippen LogP contribution in [0.5, 0.6) is 0 Å². The van der Waals surface area contributed by atoms with Crippen LogP contribution in [0.15, 0.2) is 23.3 Å². The van der Waals surface area contributed by atoms with Gasteiger partial charge in [-0.15, -0.1) is 0 Å². The third-order valence-electron chi connectivity index (χ3n) is 1.81. The topological polar surface area (TPSA) is 50.4 Å². The van der Waals surface area contributed by atoms with Crippen molar-refractivity contribution in [1.82, 2.24) is 5.43 Å². The number of nitrogens with one attached hydrogen (secondary N) is 1. The second kappa shape index (κ2) is 5.13. The average molecular weight is 264 g/mol. The summed E-state index contributed by atoms with van der Waals surface area (Å²) in [6, 6.07) is 2.68. The number of hydrazone groups is 1. The molecule has 0 heterocycles. The average Bonchev–Trinajstić information content (AvgIpc) is 2.18. The number of benzene rings is 1. The molecule has 0 aliphatic rings. The molecule has 0 aliphatic carbocycles. The van der Waals surface area contributed by atoms with Gasteiger partial charge in [-0.1, -0.05) is 17.6 Å². The molecule has 0 amide bonds. The van der Waals surface area contributed by atoms with Crippen molar-refractivity contribution in [2.24, 2.45) is 10.8 Å². The number of nitrogens with zero attached hydrogens (tertiary/aromatic N) is 1. The molecule has 0 fully saturated rings. The van der Waals surface area contributed by atoms with E-state index in [0.717, 1.165) is 18.2 Å². The van der Waals surface area contributed by atoms with E-state index in [0.29, 0.717) is 6.21 Å². The maximum absolute atomic E-state index is 13.2. The molecule has 0 spiro atoms. The first kappa shape index (κ1) is 13.4. The highest BCUT2D eigenvalue weighted by Crippen LogP contribution is 2.13. The van der Waals surface area contributed by atoms with Gasteiger partial charge in [0.2, 0.25) is 0 Å². The molecule has 17 heavy (non-hydrogen) atoms. The van der Waals surface area contributed by atoms with Crippen molar-refractivity contribution in [2.45, 2.75) is 0 Å². The highest BCUT2D eigenvalue weighted by atomic mass is 32.1. The molecule has 1 aromatic rings. The lowest BCUT2D eigenvalue weighted by Gasteiger charge is -2.17. The maximum Gasteiger partial charge on any atom is 0.510 e. The van der Waals surface area contributed by atoms with Crippen LogP contribution in [-0.2, 0) is 0 Å². The number of thiocarbonyl (C=S) groups is 1. The maximum atomic E-state index is 13.2. The number of halogens is 4. The van der Waals surface area contributed by atoms with Gasteiger partial charge in [0, 0.05) is 5.56 Å². The van der Waals surface area contributed by atoms with Crippen molar-refractivity contribution in [3.8, 4) is 0 Å². The van der Waals surface area contributed by atoms with Gasteiger partial charge in [0.15, 0.2) is 5.11 Å². The summed E-state index contributed by atoms with van der Waals surface area (Å²) in [6.07, 6.45) is 0.694. The summed E-state index contributed by atoms with van der Waals surface area (Å²) in [5, 5.41) is 3.08. The summed E-state index contributed by atoms with van der Waals surface area (Å²) in [5.74, 6) is -1.02. The minimum atomic E-state index is -5.31. The fourth-order valence-electron chi connectivity index (χ4n) is 1.14. The lowest BCUT2D eigenvalue weighted by molar-refractivity contribution is 0.500. The predicted molar refractivity (Wildman–Crippen MR) is 62.6 cm³/mol. The van der Waals surface area contributed by atoms with Gasteiger partial charge in [0.05, 0.1) is 6.21 Å². The van der Waals surface area contributed by atoms with Crippen LogP contribution in [0.3, 0.4) is 0 Å². The molecule has 0 radical (unpaired) electrons. The first-order valence-electron chi connectivity index (χ1n) is 4.39. The van der Waals surface area contributed by atoms with E-state index >= 15 is 0 Å². The Labute approximate surface area is 99.7 Å². The molecule has 3 nitrogen and oxygen atoms in total. The molecular weight excluding hydrogens is 257 g/mol. The lowest BCUT2D eigenvalue weighted by atomic mass is 9.77. The zero-order chi connectivity index (χ0) is 13.1. The van der Waals surface area contributed by atoms with Gasteiger partial charge < -0.3 is 18.7 Å². The van der Waals surface area contributed by atoms with Gasteiger partial charge in [-0.25, -0.2) is 4.39 Å². The van der Waals surface area contributed by atoms with E-state index in [2.05, 4.69) is 22.7 Å². The summed E-state index contributed by atoms with van der Waals surface area (Å²) in [7, 11) is 0. The summed E-state index contributed by atoms with van der Waals surface area (Å²) in [5.41, 5.74) is 5.36. The molecule has 9 heteroatoms. The molecule has 0 bridgehead atoms. The zero-order valence-corrected chi connectivity index (χ0v) is 9.15. The van der Waals surface area contributed by atoms with Gasteiger partial charge in [-0.2, -0.15) is 5.10 Å². The van der Waals surface area contributed by atoms with Gasteiger partial charge in [0.1, 0.15) is 5.82 Å². The summed E-state index contributed by atoms with van der Waals surface area (Å²) in [6.45, 7) is -5.31. The Morgan fingerprint density at radius 3 is 2.59 bits per heavy atom. The standard InChI is InChI=1S/C8H7BF4N3S/c10-7-3-1-2-6(9(11,12)13)5(7)4-15-16-8(14)17/h1-4H,(H3,14,16,17)/q-1. The first-order valence-corrected chi connectivity index (χ1v) is 4.80. The van der Waals surface area contributed by atoms with Gasteiger partial charge in [0.25, 0.3) is 0 Å². The van der Waals surface area contributed by atoms with E-state index in [1.165, 1.54) is 0 Å². The Hall–Kier alpha value is -1.64. The Morgan fingerprint density at radius 2 is 2.06 bits per heavy atom. The molecular formula is C8H7BF4N3S-. The van der Waals surface area contributed by atoms with Crippen molar-refractivity contribution in [3.63, 3.8) is 0 Å². The van der Waals surface area contributed by atoms with E-state index < -0.39 is 23.8 Å². The fourth-order valence-corrected chi connectivity index (χ4v) is 1.19. The normalized spacial score (nSPS) is 11.8. The molecule has 0 unspecified atom stereocenters. The quantitative estimate of drug-likeness (QED) is 0.282. The first-order chi connectivity index (χ1) is 7.82. The summed E-state index contributed by atoms with van der Waals surface area (Å²) < 4.78 is 51.0. The van der Waals surface area contributed by atoms with Crippen molar-refractivity contribution < 1.29 is 17.3 Å². The van der Waals surface area contributed by atoms with Crippen LogP contribution in [-0.4, -0.2) is 18.3 Å². The van der Waals surface area contributed by atoms with Crippen LogP contribution >= 0.6 is 12.2 Å². The van der Waals surface area contributed by atoms with Crippen LogP contribution in [0.2, 0.25) is 0 Å². The molecule has 0 atom stereocenters. The van der Waals surface area contributed by atoms with E-state index in [1.807, 2.05) is 0 Å². The summed E-state index contributed by atoms with van der Waals surface area (Å²) in [4.78, 5) is 0. The molecule has 0 aromatic heterocycles. The van der Waals surface area contributed by atoms with E-state index in [4.69, 9.17) is 5.73 Å². The third kappa shape index (κ3) is 3.70. The Kier molecular flexibility index (Phi) is 4.05. The van der Waals surface area contributed by atoms with Crippen molar-refractivity contribution >= 4 is 36.0 Å². The van der Waals surface area contributed by atoms with Crippen molar-refractivity contribution in [1.29, 1.82) is 0 Å². The molecule has 3 N–H and O–H groups in total. The van der Waals surface area contributed by atoms with Crippen molar-refractivity contribution in [3.05, 3.63) is 29.6 Å². The minimum Gasteiger partial charge on any atom is -0.445 e. The van der Waals surface area contributed by atoms with E-state index in [-0.39, 0.29) is 5.11 Å². The summed E-state index contributed by atoms with van der Waals surface area (Å²) >= 11 is 4.39. The van der Waals surface area contributed by atoms with E-state index in [9.17, 15) is 17.3 Å². The van der Waals surface area contributed by atoms with Gasteiger partial charge in [-0.3, -0.25) is 5.43 Å². The molecule has 0 saturated heterocycles. The van der Waals surface area contributed by atoms with Gasteiger partial charge >= 0.3 is 6.98 Å². The molecule has 92 valence electrons. The monoisotopic (exact) mass is 264 g/mol. The predicted octanol–water partition coefficient (Wildman–Crippen LogP) is 1.05. The smallest absolute Gasteiger partial charge is 0.445 e. The van der Waals surface area contributed by atoms with E-state index in [1.54, 1.807) is 0 Å². The second-order valence-corrected chi connectivity index (χ2v) is 3.49. The Morgan fingerprint density at radius 1 is 1.41 bits per heavy atom. The van der Waals surface area contributed by atoms with Crippen LogP contribution in [0, 0.1) is 5.82 Å². The molecule has 0 saturated carbocycles. The highest BCUT2D eigenvalue weighted by Gasteiger charge is 2.28. The molecule has 0 aliphatic heterocycles. The SMILES string of the molecule is NC(=S)NN=Cc1c(F)cccc1[B-](F)(F)F. The third-order valence-corrected chi connectivity index (χ3v) is 1.90. The lowest BCUT2D eigenvalue weighted by Crippen LogP contribution is -2.37. The Balaban J connectivity index is 3.13. The van der Waals surface area contributed by atoms with Crippen LogP contribution < -0.4 is 16.6 Å². The van der Waals surface area contributed by atoms with Gasteiger partial charge in [-0.05, 0) is 18.3 Å². The van der Waals surface area contributed by atoms with Crippen LogP contribution in [0.4, 0.5) is 17.3 Å². The zero-order valence-electron chi connectivity index (χ0n) is 8.33. The largest absolute Gasteiger partial charge is 0.510 e. The van der Waals surface area contributed by atoms with Crippen LogP contribution in [0.1, 0.15) is 5.56 Å². The fraction of sp³-hybridized carbons (Fsp3) is 0. The minimum absolute atomic E-state index is 0.225. The van der Waals surface area contributed by atoms with Crippen molar-refractivity contribution in [2.75, 3.05) is 0 Å². The number of hydrogen-bond donors (Lipinski definition) is 2. The number of nitrogens with two attached hydrogens (primary N) is 1. The number of rotatable bonds is 3. The number of hydrogen-bond acceptors (Lipinski definition) is 2. The highest BCUT2D eigenvalue weighted by molar-refractivity contribution is 7.80.